The summed E-state index contributed by atoms with van der Waals surface area (Å²) in [6.45, 7) is 1.82. The quantitative estimate of drug-likeness (QED) is 0.858. The molecular weight excluding hydrogens is 382 g/mol. The number of aromatic nitrogens is 2. The van der Waals surface area contributed by atoms with Gasteiger partial charge in [-0.3, -0.25) is 14.8 Å². The van der Waals surface area contributed by atoms with E-state index >= 15 is 0 Å². The molecule has 2 aromatic rings. The van der Waals surface area contributed by atoms with Gasteiger partial charge in [-0.25, -0.2) is 4.98 Å². The Labute approximate surface area is 156 Å². The van der Waals surface area contributed by atoms with Crippen LogP contribution in [0.2, 0.25) is 5.02 Å². The molecule has 2 aliphatic heterocycles. The smallest absolute Gasteiger partial charge is 0.395 e. The second kappa shape index (κ2) is 6.27. The van der Waals surface area contributed by atoms with E-state index in [4.69, 9.17) is 11.6 Å². The Bertz CT molecular complexity index is 1010. The van der Waals surface area contributed by atoms with E-state index in [0.29, 0.717) is 23.4 Å². The highest BCUT2D eigenvalue weighted by Gasteiger charge is 2.43. The van der Waals surface area contributed by atoms with E-state index in [-0.39, 0.29) is 28.2 Å². The number of benzene rings is 1. The molecule has 0 saturated carbocycles. The number of fused-ring (bicyclic) bond motifs is 1. The van der Waals surface area contributed by atoms with Gasteiger partial charge in [0, 0.05) is 24.3 Å². The van der Waals surface area contributed by atoms with Crippen LogP contribution in [0, 0.1) is 0 Å². The van der Waals surface area contributed by atoms with Crippen molar-refractivity contribution in [1.29, 1.82) is 0 Å². The molecule has 7 nitrogen and oxygen atoms in total. The third-order valence-electron chi connectivity index (χ3n) is 3.90. The minimum atomic E-state index is -3.74. The number of amides is 1. The number of hydrogen-bond donors (Lipinski definition) is 1. The fourth-order valence-corrected chi connectivity index (χ4v) is 2.86. The molecule has 0 atom stereocenters. The predicted octanol–water partition coefficient (Wildman–Crippen LogP) is 3.81. The number of alkyl halides is 2. The van der Waals surface area contributed by atoms with Crippen molar-refractivity contribution in [2.45, 2.75) is 19.6 Å². The molecule has 3 heterocycles. The monoisotopic (exact) mass is 392 g/mol. The van der Waals surface area contributed by atoms with Gasteiger partial charge in [-0.15, -0.1) is 8.78 Å². The molecule has 1 N–H and O–H groups in total. The van der Waals surface area contributed by atoms with Gasteiger partial charge < -0.3 is 14.8 Å². The average Bonchev–Trinajstić information content (AvgIpc) is 3.16. The van der Waals surface area contributed by atoms with E-state index in [0.717, 1.165) is 5.57 Å². The molecule has 4 rings (SSSR count). The normalized spacial score (nSPS) is 16.7. The van der Waals surface area contributed by atoms with Crippen LogP contribution in [0.1, 0.15) is 13.3 Å². The summed E-state index contributed by atoms with van der Waals surface area (Å²) in [7, 11) is 0. The highest BCUT2D eigenvalue weighted by Crippen LogP contribution is 2.45. The van der Waals surface area contributed by atoms with Crippen LogP contribution >= 0.6 is 11.6 Å². The van der Waals surface area contributed by atoms with E-state index in [1.807, 2.05) is 6.92 Å². The summed E-state index contributed by atoms with van der Waals surface area (Å²) >= 11 is 6.12. The molecule has 0 spiro atoms. The van der Waals surface area contributed by atoms with Crippen molar-refractivity contribution in [2.75, 3.05) is 5.32 Å². The molecule has 1 amide bonds. The summed E-state index contributed by atoms with van der Waals surface area (Å²) in [6.07, 6.45) is 1.24. The standard InChI is InChI=1S/C17H11ClF2N4O3/c1-8-2-3-21-15(8)16(25)24-14-7-22-11(6-23-14)9-4-12-13(5-10(9)18)27-17(19,20)26-12/h3-7H,2H2,1H3,(H,23,24,25). The van der Waals surface area contributed by atoms with E-state index in [2.05, 4.69) is 29.8 Å². The third-order valence-corrected chi connectivity index (χ3v) is 4.21. The lowest BCUT2D eigenvalue weighted by Crippen LogP contribution is -2.25. The largest absolute Gasteiger partial charge is 0.586 e. The van der Waals surface area contributed by atoms with Crippen molar-refractivity contribution in [3.8, 4) is 22.8 Å². The highest BCUT2D eigenvalue weighted by atomic mass is 35.5. The van der Waals surface area contributed by atoms with Crippen molar-refractivity contribution in [2.24, 2.45) is 4.99 Å². The number of allylic oxidation sites excluding steroid dienone is 1. The molecule has 1 aromatic carbocycles. The Balaban J connectivity index is 1.56. The number of rotatable bonds is 3. The van der Waals surface area contributed by atoms with E-state index in [1.54, 1.807) is 6.21 Å². The SMILES string of the molecule is CC1=C(C(=O)Nc2cnc(-c3cc4c(cc3Cl)OC(F)(F)O4)cn2)N=CC1. The van der Waals surface area contributed by atoms with Crippen LogP contribution < -0.4 is 14.8 Å². The molecule has 0 fully saturated rings. The lowest BCUT2D eigenvalue weighted by atomic mass is 10.1. The molecule has 0 saturated heterocycles. The van der Waals surface area contributed by atoms with Crippen molar-refractivity contribution in [3.63, 3.8) is 0 Å². The number of nitrogens with zero attached hydrogens (tertiary/aromatic N) is 3. The van der Waals surface area contributed by atoms with Gasteiger partial charge in [0.25, 0.3) is 5.91 Å². The van der Waals surface area contributed by atoms with Crippen LogP contribution in [-0.4, -0.2) is 28.4 Å². The number of ether oxygens (including phenoxy) is 2. The summed E-state index contributed by atoms with van der Waals surface area (Å²) in [6, 6.07) is 2.51. The fourth-order valence-electron chi connectivity index (χ4n) is 2.61. The molecule has 27 heavy (non-hydrogen) atoms. The van der Waals surface area contributed by atoms with Crippen LogP contribution in [0.4, 0.5) is 14.6 Å². The van der Waals surface area contributed by atoms with E-state index < -0.39 is 6.29 Å². The zero-order chi connectivity index (χ0) is 19.2. The molecule has 0 bridgehead atoms. The molecule has 10 heteroatoms. The van der Waals surface area contributed by atoms with Gasteiger partial charge in [-0.1, -0.05) is 11.6 Å². The Morgan fingerprint density at radius 1 is 1.22 bits per heavy atom. The van der Waals surface area contributed by atoms with E-state index in [1.165, 1.54) is 24.5 Å². The zero-order valence-corrected chi connectivity index (χ0v) is 14.6. The van der Waals surface area contributed by atoms with Crippen LogP contribution in [-0.2, 0) is 4.79 Å². The first-order valence-corrected chi connectivity index (χ1v) is 8.15. The molecule has 2 aliphatic rings. The first-order chi connectivity index (χ1) is 12.8. The zero-order valence-electron chi connectivity index (χ0n) is 13.8. The fraction of sp³-hybridized carbons (Fsp3) is 0.176. The lowest BCUT2D eigenvalue weighted by molar-refractivity contribution is -0.286. The maximum Gasteiger partial charge on any atom is 0.586 e. The van der Waals surface area contributed by atoms with Crippen LogP contribution in [0.25, 0.3) is 11.3 Å². The van der Waals surface area contributed by atoms with Crippen LogP contribution in [0.5, 0.6) is 11.5 Å². The number of nitrogens with one attached hydrogen (secondary N) is 1. The third kappa shape index (κ3) is 3.33. The minimum absolute atomic E-state index is 0.141. The second-order valence-corrected chi connectivity index (χ2v) is 6.24. The number of aliphatic imine (C=N–C) groups is 1. The second-order valence-electron chi connectivity index (χ2n) is 5.83. The predicted molar refractivity (Wildman–Crippen MR) is 93.1 cm³/mol. The Hall–Kier alpha value is -3.07. The van der Waals surface area contributed by atoms with Gasteiger partial charge in [0.15, 0.2) is 17.3 Å². The van der Waals surface area contributed by atoms with Gasteiger partial charge in [0.05, 0.1) is 23.1 Å². The van der Waals surface area contributed by atoms with Gasteiger partial charge >= 0.3 is 6.29 Å². The minimum Gasteiger partial charge on any atom is -0.395 e. The van der Waals surface area contributed by atoms with Gasteiger partial charge in [-0.2, -0.15) is 0 Å². The number of halogens is 3. The van der Waals surface area contributed by atoms with Gasteiger partial charge in [0.1, 0.15) is 5.70 Å². The molecule has 0 unspecified atom stereocenters. The maximum absolute atomic E-state index is 13.2. The molecule has 1 aromatic heterocycles. The van der Waals surface area contributed by atoms with Crippen LogP contribution in [0.15, 0.2) is 40.8 Å². The Kier molecular flexibility index (Phi) is 4.03. The number of carbonyl (C=O) groups is 1. The van der Waals surface area contributed by atoms with Crippen molar-refractivity contribution >= 4 is 29.5 Å². The van der Waals surface area contributed by atoms with E-state index in [9.17, 15) is 13.6 Å². The van der Waals surface area contributed by atoms with Crippen LogP contribution in [0.3, 0.4) is 0 Å². The first-order valence-electron chi connectivity index (χ1n) is 7.78. The van der Waals surface area contributed by atoms with Crippen molar-refractivity contribution in [3.05, 3.63) is 40.8 Å². The summed E-state index contributed by atoms with van der Waals surface area (Å²) < 4.78 is 35.1. The Morgan fingerprint density at radius 3 is 2.59 bits per heavy atom. The Morgan fingerprint density at radius 2 is 1.96 bits per heavy atom. The summed E-state index contributed by atoms with van der Waals surface area (Å²) in [4.78, 5) is 24.5. The van der Waals surface area contributed by atoms with Crippen molar-refractivity contribution in [1.82, 2.24) is 9.97 Å². The molecular formula is C17H11ClF2N4O3. The molecule has 138 valence electrons. The number of carbonyl (C=O) groups excluding carboxylic acids is 1. The average molecular weight is 393 g/mol. The summed E-state index contributed by atoms with van der Waals surface area (Å²) in [5.74, 6) is -0.479. The molecule has 0 radical (unpaired) electrons. The lowest BCUT2D eigenvalue weighted by Gasteiger charge is -2.07. The van der Waals surface area contributed by atoms with Gasteiger partial charge in [0.2, 0.25) is 0 Å². The summed E-state index contributed by atoms with van der Waals surface area (Å²) in [5.41, 5.74) is 1.86. The van der Waals surface area contributed by atoms with Gasteiger partial charge in [-0.05, 0) is 18.6 Å². The number of anilines is 1. The first kappa shape index (κ1) is 17.3. The number of hydrogen-bond acceptors (Lipinski definition) is 6. The topological polar surface area (TPSA) is 85.7 Å². The maximum atomic E-state index is 13.2. The summed E-state index contributed by atoms with van der Waals surface area (Å²) in [5, 5.41) is 2.74. The highest BCUT2D eigenvalue weighted by molar-refractivity contribution is 6.33. The van der Waals surface area contributed by atoms with Crippen molar-refractivity contribution < 1.29 is 23.0 Å². The molecule has 0 aliphatic carbocycles.